The molecule has 0 unspecified atom stereocenters. The van der Waals surface area contributed by atoms with E-state index in [4.69, 9.17) is 0 Å². The van der Waals surface area contributed by atoms with Crippen LogP contribution in [0.25, 0.3) is 10.9 Å². The van der Waals surface area contributed by atoms with Gasteiger partial charge in [0.1, 0.15) is 5.69 Å². The number of H-pyrrole nitrogens is 1. The molecule has 0 bridgehead atoms. The summed E-state index contributed by atoms with van der Waals surface area (Å²) in [6.45, 7) is 4.91. The second-order valence-corrected chi connectivity index (χ2v) is 6.45. The Kier molecular flexibility index (Phi) is 3.00. The molecule has 1 aromatic carbocycles. The third-order valence-electron chi connectivity index (χ3n) is 4.89. The Bertz CT molecular complexity index is 676. The normalized spacial score (nSPS) is 25.3. The quantitative estimate of drug-likeness (QED) is 0.843. The smallest absolute Gasteiger partial charge is 0.270 e. The van der Waals surface area contributed by atoms with E-state index in [1.54, 1.807) is 0 Å². The minimum atomic E-state index is 0.139. The average Bonchev–Trinajstić information content (AvgIpc) is 3.09. The summed E-state index contributed by atoms with van der Waals surface area (Å²) in [5.74, 6) is 0.773. The number of carbonyl (C=O) groups is 1. The van der Waals surface area contributed by atoms with Gasteiger partial charge in [0.2, 0.25) is 0 Å². The molecule has 4 rings (SSSR count). The molecule has 0 aliphatic carbocycles. The van der Waals surface area contributed by atoms with Gasteiger partial charge in [-0.05, 0) is 50.4 Å². The highest BCUT2D eigenvalue weighted by molar-refractivity contribution is 5.98. The van der Waals surface area contributed by atoms with Crippen LogP contribution in [0.5, 0.6) is 0 Å². The summed E-state index contributed by atoms with van der Waals surface area (Å²) in [4.78, 5) is 18.0. The summed E-state index contributed by atoms with van der Waals surface area (Å²) in [6.07, 6.45) is 2.47. The van der Waals surface area contributed by atoms with Crippen molar-refractivity contribution in [3.63, 3.8) is 0 Å². The fraction of sp³-hybridized carbons (Fsp3) is 0.471. The Labute approximate surface area is 124 Å². The summed E-state index contributed by atoms with van der Waals surface area (Å²) < 4.78 is 0. The van der Waals surface area contributed by atoms with E-state index in [0.29, 0.717) is 17.7 Å². The zero-order chi connectivity index (χ0) is 14.4. The van der Waals surface area contributed by atoms with E-state index in [-0.39, 0.29) is 5.91 Å². The van der Waals surface area contributed by atoms with E-state index < -0.39 is 0 Å². The van der Waals surface area contributed by atoms with Crippen LogP contribution in [-0.4, -0.2) is 41.5 Å². The molecule has 2 aliphatic heterocycles. The third kappa shape index (κ3) is 2.23. The molecule has 4 heteroatoms. The van der Waals surface area contributed by atoms with Crippen LogP contribution in [0.2, 0.25) is 0 Å². The van der Waals surface area contributed by atoms with Crippen LogP contribution in [-0.2, 0) is 0 Å². The van der Waals surface area contributed by atoms with Gasteiger partial charge in [-0.1, -0.05) is 11.6 Å². The molecule has 1 aromatic heterocycles. The molecule has 3 heterocycles. The first-order chi connectivity index (χ1) is 10.2. The Hall–Kier alpha value is -1.81. The van der Waals surface area contributed by atoms with Crippen molar-refractivity contribution in [2.24, 2.45) is 5.92 Å². The number of aryl methyl sites for hydroxylation is 1. The summed E-state index contributed by atoms with van der Waals surface area (Å²) in [7, 11) is 0. The maximum Gasteiger partial charge on any atom is 0.270 e. The Morgan fingerprint density at radius 1 is 1.29 bits per heavy atom. The van der Waals surface area contributed by atoms with Crippen molar-refractivity contribution < 1.29 is 4.79 Å². The van der Waals surface area contributed by atoms with Crippen LogP contribution in [0.15, 0.2) is 24.3 Å². The summed E-state index contributed by atoms with van der Waals surface area (Å²) in [5.41, 5.74) is 2.98. The lowest BCUT2D eigenvalue weighted by Crippen LogP contribution is -2.41. The number of fused-ring (bicyclic) bond motifs is 2. The lowest BCUT2D eigenvalue weighted by atomic mass is 9.94. The van der Waals surface area contributed by atoms with Crippen molar-refractivity contribution in [1.29, 1.82) is 0 Å². The first-order valence-corrected chi connectivity index (χ1v) is 7.83. The maximum atomic E-state index is 12.7. The number of aromatic nitrogens is 1. The standard InChI is InChI=1S/C17H21N3O/c1-11-4-5-14-13(7-11)8-15(19-14)17(21)20-9-12-3-2-6-18-16(12)10-20/h4-5,7-8,12,16,18-19H,2-3,6,9-10H2,1H3/t12-,16+/m0/s1. The molecule has 0 saturated carbocycles. The number of piperidine rings is 1. The molecule has 1 amide bonds. The lowest BCUT2D eigenvalue weighted by molar-refractivity contribution is 0.0781. The number of hydrogen-bond donors (Lipinski definition) is 2. The molecule has 2 aromatic rings. The van der Waals surface area contributed by atoms with Crippen LogP contribution in [0.3, 0.4) is 0 Å². The average molecular weight is 283 g/mol. The van der Waals surface area contributed by atoms with Crippen LogP contribution in [0.1, 0.15) is 28.9 Å². The van der Waals surface area contributed by atoms with Gasteiger partial charge < -0.3 is 15.2 Å². The zero-order valence-electron chi connectivity index (χ0n) is 12.4. The van der Waals surface area contributed by atoms with Gasteiger partial charge in [0, 0.05) is 30.0 Å². The summed E-state index contributed by atoms with van der Waals surface area (Å²) >= 11 is 0. The number of rotatable bonds is 1. The largest absolute Gasteiger partial charge is 0.351 e. The Balaban J connectivity index is 1.58. The lowest BCUT2D eigenvalue weighted by Gasteiger charge is -2.24. The molecule has 2 N–H and O–H groups in total. The van der Waals surface area contributed by atoms with Gasteiger partial charge in [0.05, 0.1) is 0 Å². The second-order valence-electron chi connectivity index (χ2n) is 6.45. The molecular weight excluding hydrogens is 262 g/mol. The molecular formula is C17H21N3O. The number of carbonyl (C=O) groups excluding carboxylic acids is 1. The van der Waals surface area contributed by atoms with Crippen molar-refractivity contribution >= 4 is 16.8 Å². The van der Waals surface area contributed by atoms with Gasteiger partial charge in [-0.2, -0.15) is 0 Å². The number of hydrogen-bond acceptors (Lipinski definition) is 2. The Morgan fingerprint density at radius 3 is 3.05 bits per heavy atom. The van der Waals surface area contributed by atoms with E-state index in [9.17, 15) is 4.79 Å². The van der Waals surface area contributed by atoms with E-state index >= 15 is 0 Å². The number of aromatic amines is 1. The van der Waals surface area contributed by atoms with Crippen LogP contribution < -0.4 is 5.32 Å². The molecule has 21 heavy (non-hydrogen) atoms. The molecule has 0 spiro atoms. The van der Waals surface area contributed by atoms with Crippen molar-refractivity contribution in [2.45, 2.75) is 25.8 Å². The predicted molar refractivity (Wildman–Crippen MR) is 83.5 cm³/mol. The molecule has 2 aliphatic rings. The predicted octanol–water partition coefficient (Wildman–Crippen LogP) is 2.30. The van der Waals surface area contributed by atoms with Crippen molar-refractivity contribution in [3.8, 4) is 0 Å². The van der Waals surface area contributed by atoms with E-state index in [1.807, 2.05) is 17.0 Å². The number of benzene rings is 1. The SMILES string of the molecule is Cc1ccc2[nH]c(C(=O)N3C[C@@H]4CCCN[C@@H]4C3)cc2c1. The van der Waals surface area contributed by atoms with Gasteiger partial charge in [0.25, 0.3) is 5.91 Å². The highest BCUT2D eigenvalue weighted by Crippen LogP contribution is 2.26. The maximum absolute atomic E-state index is 12.7. The van der Waals surface area contributed by atoms with Gasteiger partial charge in [-0.15, -0.1) is 0 Å². The van der Waals surface area contributed by atoms with E-state index in [1.165, 1.54) is 18.4 Å². The third-order valence-corrected chi connectivity index (χ3v) is 4.89. The molecule has 4 nitrogen and oxygen atoms in total. The molecule has 2 saturated heterocycles. The molecule has 110 valence electrons. The molecule has 0 radical (unpaired) electrons. The van der Waals surface area contributed by atoms with E-state index in [2.05, 4.69) is 29.4 Å². The van der Waals surface area contributed by atoms with Crippen LogP contribution in [0.4, 0.5) is 0 Å². The van der Waals surface area contributed by atoms with Gasteiger partial charge >= 0.3 is 0 Å². The highest BCUT2D eigenvalue weighted by atomic mass is 16.2. The van der Waals surface area contributed by atoms with Crippen molar-refractivity contribution in [1.82, 2.24) is 15.2 Å². The monoisotopic (exact) mass is 283 g/mol. The Morgan fingerprint density at radius 2 is 2.19 bits per heavy atom. The minimum Gasteiger partial charge on any atom is -0.351 e. The topological polar surface area (TPSA) is 48.1 Å². The van der Waals surface area contributed by atoms with Crippen molar-refractivity contribution in [3.05, 3.63) is 35.5 Å². The summed E-state index contributed by atoms with van der Waals surface area (Å²) in [6, 6.07) is 8.72. The van der Waals surface area contributed by atoms with Crippen LogP contribution >= 0.6 is 0 Å². The van der Waals surface area contributed by atoms with Gasteiger partial charge in [-0.3, -0.25) is 4.79 Å². The fourth-order valence-corrected chi connectivity index (χ4v) is 3.75. The first-order valence-electron chi connectivity index (χ1n) is 7.83. The van der Waals surface area contributed by atoms with Gasteiger partial charge in [-0.25, -0.2) is 0 Å². The summed E-state index contributed by atoms with van der Waals surface area (Å²) in [5, 5.41) is 4.67. The number of amides is 1. The van der Waals surface area contributed by atoms with Gasteiger partial charge in [0.15, 0.2) is 0 Å². The number of likely N-dealkylation sites (tertiary alicyclic amines) is 1. The second kappa shape index (κ2) is 4.88. The fourth-order valence-electron chi connectivity index (χ4n) is 3.75. The zero-order valence-corrected chi connectivity index (χ0v) is 12.4. The molecule has 2 atom stereocenters. The number of nitrogens with one attached hydrogen (secondary N) is 2. The van der Waals surface area contributed by atoms with Crippen molar-refractivity contribution in [2.75, 3.05) is 19.6 Å². The highest BCUT2D eigenvalue weighted by Gasteiger charge is 2.36. The van der Waals surface area contributed by atoms with E-state index in [0.717, 1.165) is 30.5 Å². The number of nitrogens with zero attached hydrogens (tertiary/aromatic N) is 1. The van der Waals surface area contributed by atoms with Crippen LogP contribution in [0, 0.1) is 12.8 Å². The first kappa shape index (κ1) is 12.9. The molecule has 2 fully saturated rings. The minimum absolute atomic E-state index is 0.139.